The van der Waals surface area contributed by atoms with Crippen molar-refractivity contribution in [2.75, 3.05) is 7.11 Å². The molecule has 0 saturated carbocycles. The Morgan fingerprint density at radius 3 is 3.07 bits per heavy atom. The summed E-state index contributed by atoms with van der Waals surface area (Å²) in [7, 11) is 1.31. The van der Waals surface area contributed by atoms with Crippen LogP contribution < -0.4 is 5.56 Å². The number of pyridine rings is 1. The second kappa shape index (κ2) is 3.26. The van der Waals surface area contributed by atoms with E-state index in [0.717, 1.165) is 0 Å². The fraction of sp³-hybridized carbons (Fsp3) is 0.111. The lowest BCUT2D eigenvalue weighted by atomic mass is 10.2. The Morgan fingerprint density at radius 1 is 1.57 bits per heavy atom. The van der Waals surface area contributed by atoms with Crippen LogP contribution in [-0.4, -0.2) is 18.1 Å². The Balaban J connectivity index is 2.79. The summed E-state index contributed by atoms with van der Waals surface area (Å²) in [6, 6.07) is 1.74. The number of aromatic nitrogens is 1. The molecule has 4 nitrogen and oxygen atoms in total. The van der Waals surface area contributed by atoms with Gasteiger partial charge in [-0.25, -0.2) is 4.79 Å². The highest BCUT2D eigenvalue weighted by Crippen LogP contribution is 2.20. The van der Waals surface area contributed by atoms with Gasteiger partial charge in [0, 0.05) is 11.6 Å². The highest BCUT2D eigenvalue weighted by molar-refractivity contribution is 7.17. The van der Waals surface area contributed by atoms with Crippen molar-refractivity contribution in [1.29, 1.82) is 0 Å². The van der Waals surface area contributed by atoms with Crippen molar-refractivity contribution in [1.82, 2.24) is 4.98 Å². The van der Waals surface area contributed by atoms with Gasteiger partial charge >= 0.3 is 5.97 Å². The van der Waals surface area contributed by atoms with E-state index in [1.807, 2.05) is 0 Å². The largest absolute Gasteiger partial charge is 0.465 e. The summed E-state index contributed by atoms with van der Waals surface area (Å²) < 4.78 is 5.15. The summed E-state index contributed by atoms with van der Waals surface area (Å²) in [5.41, 5.74) is 0.214. The number of methoxy groups -OCH3 is 1. The average molecular weight is 209 g/mol. The van der Waals surface area contributed by atoms with Crippen LogP contribution in [0.3, 0.4) is 0 Å². The van der Waals surface area contributed by atoms with Crippen LogP contribution in [0.1, 0.15) is 10.4 Å². The van der Waals surface area contributed by atoms with Crippen molar-refractivity contribution in [2.45, 2.75) is 0 Å². The Kier molecular flexibility index (Phi) is 2.09. The second-order valence-electron chi connectivity index (χ2n) is 2.69. The molecule has 0 aliphatic heterocycles. The maximum atomic E-state index is 11.3. The molecule has 0 unspecified atom stereocenters. The SMILES string of the molecule is COC(=O)c1c[nH]c(=O)c2sccc12. The molecule has 2 aromatic rings. The van der Waals surface area contributed by atoms with Gasteiger partial charge in [0.05, 0.1) is 12.7 Å². The number of hydrogen-bond donors (Lipinski definition) is 1. The molecule has 72 valence electrons. The number of carbonyl (C=O) groups excluding carboxylic acids is 1. The van der Waals surface area contributed by atoms with Crippen LogP contribution >= 0.6 is 11.3 Å². The average Bonchev–Trinajstić information content (AvgIpc) is 2.67. The Hall–Kier alpha value is -1.62. The quantitative estimate of drug-likeness (QED) is 0.722. The topological polar surface area (TPSA) is 59.2 Å². The molecule has 0 radical (unpaired) electrons. The number of fused-ring (bicyclic) bond motifs is 1. The molecule has 0 fully saturated rings. The van der Waals surface area contributed by atoms with Crippen LogP contribution in [0.2, 0.25) is 0 Å². The molecule has 0 bridgehead atoms. The molecule has 0 atom stereocenters. The predicted molar refractivity (Wildman–Crippen MR) is 53.8 cm³/mol. The number of rotatable bonds is 1. The first-order chi connectivity index (χ1) is 6.74. The first-order valence-electron chi connectivity index (χ1n) is 3.91. The monoisotopic (exact) mass is 209 g/mol. The number of ether oxygens (including phenoxy) is 1. The number of H-pyrrole nitrogens is 1. The van der Waals surface area contributed by atoms with E-state index in [9.17, 15) is 9.59 Å². The van der Waals surface area contributed by atoms with Gasteiger partial charge in [-0.2, -0.15) is 0 Å². The molecule has 0 aliphatic rings. The molecule has 5 heteroatoms. The van der Waals surface area contributed by atoms with Crippen molar-refractivity contribution in [2.24, 2.45) is 0 Å². The fourth-order valence-corrected chi connectivity index (χ4v) is 2.07. The molecule has 0 aromatic carbocycles. The summed E-state index contributed by atoms with van der Waals surface area (Å²) >= 11 is 1.30. The van der Waals surface area contributed by atoms with E-state index in [0.29, 0.717) is 15.6 Å². The third kappa shape index (κ3) is 1.22. The minimum absolute atomic E-state index is 0.178. The highest BCUT2D eigenvalue weighted by Gasteiger charge is 2.12. The molecular weight excluding hydrogens is 202 g/mol. The van der Waals surface area contributed by atoms with E-state index >= 15 is 0 Å². The number of hydrogen-bond acceptors (Lipinski definition) is 4. The number of esters is 1. The van der Waals surface area contributed by atoms with E-state index in [2.05, 4.69) is 9.72 Å². The van der Waals surface area contributed by atoms with Gasteiger partial charge in [0.25, 0.3) is 5.56 Å². The Bertz CT molecular complexity index is 540. The van der Waals surface area contributed by atoms with Gasteiger partial charge in [-0.05, 0) is 11.4 Å². The minimum Gasteiger partial charge on any atom is -0.465 e. The zero-order chi connectivity index (χ0) is 10.1. The number of thiophene rings is 1. The molecule has 0 saturated heterocycles. The lowest BCUT2D eigenvalue weighted by molar-refractivity contribution is 0.0602. The summed E-state index contributed by atoms with van der Waals surface area (Å²) in [5.74, 6) is -0.440. The Labute approximate surface area is 83.1 Å². The molecular formula is C9H7NO3S. The second-order valence-corrected chi connectivity index (χ2v) is 3.60. The third-order valence-electron chi connectivity index (χ3n) is 1.91. The summed E-state index contributed by atoms with van der Waals surface area (Å²) in [6.45, 7) is 0. The number of nitrogens with one attached hydrogen (secondary N) is 1. The van der Waals surface area contributed by atoms with Gasteiger partial charge < -0.3 is 9.72 Å². The summed E-state index contributed by atoms with van der Waals surface area (Å²) in [5, 5.41) is 2.41. The van der Waals surface area contributed by atoms with Crippen LogP contribution in [0.25, 0.3) is 10.1 Å². The molecule has 0 amide bonds. The van der Waals surface area contributed by atoms with Crippen LogP contribution in [0.15, 0.2) is 22.4 Å². The van der Waals surface area contributed by atoms with Crippen molar-refractivity contribution >= 4 is 27.4 Å². The maximum Gasteiger partial charge on any atom is 0.340 e. The van der Waals surface area contributed by atoms with E-state index in [4.69, 9.17) is 0 Å². The summed E-state index contributed by atoms with van der Waals surface area (Å²) in [6.07, 6.45) is 1.38. The van der Waals surface area contributed by atoms with Crippen LogP contribution in [0, 0.1) is 0 Å². The predicted octanol–water partition coefficient (Wildman–Crippen LogP) is 1.38. The van der Waals surface area contributed by atoms with Gasteiger partial charge in [0.2, 0.25) is 0 Å². The molecule has 0 spiro atoms. The molecule has 2 aromatic heterocycles. The van der Waals surface area contributed by atoms with Crippen LogP contribution in [0.4, 0.5) is 0 Å². The van der Waals surface area contributed by atoms with Gasteiger partial charge in [-0.1, -0.05) is 0 Å². The summed E-state index contributed by atoms with van der Waals surface area (Å²) in [4.78, 5) is 25.1. The standard InChI is InChI=1S/C9H7NO3S/c1-13-9(12)6-4-10-8(11)7-5(6)2-3-14-7/h2-4H,1H3,(H,10,11). The molecule has 2 rings (SSSR count). The van der Waals surface area contributed by atoms with Gasteiger partial charge in [0.15, 0.2) is 0 Å². The van der Waals surface area contributed by atoms with Crippen LogP contribution in [-0.2, 0) is 4.74 Å². The van der Waals surface area contributed by atoms with E-state index < -0.39 is 5.97 Å². The van der Waals surface area contributed by atoms with Crippen molar-refractivity contribution in [3.63, 3.8) is 0 Å². The molecule has 1 N–H and O–H groups in total. The number of aromatic amines is 1. The van der Waals surface area contributed by atoms with Gasteiger partial charge in [-0.3, -0.25) is 4.79 Å². The third-order valence-corrected chi connectivity index (χ3v) is 2.83. The van der Waals surface area contributed by atoms with Crippen molar-refractivity contribution in [3.8, 4) is 0 Å². The fourth-order valence-electron chi connectivity index (χ4n) is 1.26. The van der Waals surface area contributed by atoms with Crippen LogP contribution in [0.5, 0.6) is 0 Å². The minimum atomic E-state index is -0.440. The molecule has 2 heterocycles. The zero-order valence-electron chi connectivity index (χ0n) is 7.37. The molecule has 14 heavy (non-hydrogen) atoms. The van der Waals surface area contributed by atoms with Crippen molar-refractivity contribution in [3.05, 3.63) is 33.6 Å². The number of carbonyl (C=O) groups is 1. The smallest absolute Gasteiger partial charge is 0.340 e. The van der Waals surface area contributed by atoms with E-state index in [1.165, 1.54) is 24.6 Å². The van der Waals surface area contributed by atoms with Crippen molar-refractivity contribution < 1.29 is 9.53 Å². The maximum absolute atomic E-state index is 11.3. The highest BCUT2D eigenvalue weighted by atomic mass is 32.1. The van der Waals surface area contributed by atoms with E-state index in [-0.39, 0.29) is 5.56 Å². The lowest BCUT2D eigenvalue weighted by Crippen LogP contribution is -2.09. The first kappa shape index (κ1) is 8.96. The zero-order valence-corrected chi connectivity index (χ0v) is 8.18. The molecule has 0 aliphatic carbocycles. The first-order valence-corrected chi connectivity index (χ1v) is 4.79. The lowest BCUT2D eigenvalue weighted by Gasteiger charge is -1.99. The van der Waals surface area contributed by atoms with Gasteiger partial charge in [0.1, 0.15) is 4.70 Å². The van der Waals surface area contributed by atoms with Gasteiger partial charge in [-0.15, -0.1) is 11.3 Å². The Morgan fingerprint density at radius 2 is 2.36 bits per heavy atom. The van der Waals surface area contributed by atoms with E-state index in [1.54, 1.807) is 11.4 Å². The normalized spacial score (nSPS) is 10.4.